The Balaban J connectivity index is 1.90. The highest BCUT2D eigenvalue weighted by atomic mass is 32.1. The topological polar surface area (TPSA) is 78.4 Å². The average Bonchev–Trinajstić information content (AvgIpc) is 2.92. The number of amides is 1. The predicted octanol–water partition coefficient (Wildman–Crippen LogP) is 2.94. The van der Waals surface area contributed by atoms with Gasteiger partial charge in [0, 0.05) is 42.4 Å². The standard InChI is InChI=1S/C20H35N5OS/c1-6-21-20(22-11-10-18-14(4)24-15(5)27-18)25-17-9-7-8-16(12-17)19(26)23-13(2)3/h13,16-17H,6-12H2,1-5H3,(H,23,26)(H2,21,22,25). The van der Waals surface area contributed by atoms with Crippen LogP contribution in [0.15, 0.2) is 4.99 Å². The summed E-state index contributed by atoms with van der Waals surface area (Å²) in [5, 5.41) is 11.1. The number of hydrogen-bond acceptors (Lipinski definition) is 4. The van der Waals surface area contributed by atoms with E-state index < -0.39 is 0 Å². The first kappa shape index (κ1) is 21.7. The van der Waals surface area contributed by atoms with Crippen LogP contribution in [-0.2, 0) is 11.2 Å². The van der Waals surface area contributed by atoms with Gasteiger partial charge in [-0.25, -0.2) is 4.98 Å². The van der Waals surface area contributed by atoms with Crippen LogP contribution in [0.3, 0.4) is 0 Å². The van der Waals surface area contributed by atoms with Gasteiger partial charge in [-0.05, 0) is 53.9 Å². The number of thiazole rings is 1. The fraction of sp³-hybridized carbons (Fsp3) is 0.750. The lowest BCUT2D eigenvalue weighted by atomic mass is 9.85. The predicted molar refractivity (Wildman–Crippen MR) is 113 cm³/mol. The first-order chi connectivity index (χ1) is 12.9. The highest BCUT2D eigenvalue weighted by molar-refractivity contribution is 7.11. The minimum Gasteiger partial charge on any atom is -0.357 e. The van der Waals surface area contributed by atoms with E-state index in [4.69, 9.17) is 4.99 Å². The number of nitrogens with one attached hydrogen (secondary N) is 3. The molecule has 3 N–H and O–H groups in total. The molecule has 0 aromatic carbocycles. The van der Waals surface area contributed by atoms with Crippen molar-refractivity contribution >= 4 is 23.2 Å². The summed E-state index contributed by atoms with van der Waals surface area (Å²) in [6, 6.07) is 0.496. The second-order valence-corrected chi connectivity index (χ2v) is 8.91. The smallest absolute Gasteiger partial charge is 0.223 e. The maximum absolute atomic E-state index is 12.3. The van der Waals surface area contributed by atoms with Crippen molar-refractivity contribution in [1.29, 1.82) is 0 Å². The molecule has 152 valence electrons. The Hall–Kier alpha value is -1.63. The van der Waals surface area contributed by atoms with Crippen molar-refractivity contribution in [2.24, 2.45) is 10.9 Å². The molecule has 27 heavy (non-hydrogen) atoms. The van der Waals surface area contributed by atoms with E-state index in [1.165, 1.54) is 4.88 Å². The van der Waals surface area contributed by atoms with Crippen molar-refractivity contribution in [3.8, 4) is 0 Å². The van der Waals surface area contributed by atoms with Crippen LogP contribution in [0.5, 0.6) is 0 Å². The zero-order valence-corrected chi connectivity index (χ0v) is 18.2. The number of aryl methyl sites for hydroxylation is 2. The van der Waals surface area contributed by atoms with Crippen molar-refractivity contribution in [2.45, 2.75) is 78.8 Å². The molecule has 2 unspecified atom stereocenters. The maximum Gasteiger partial charge on any atom is 0.223 e. The zero-order chi connectivity index (χ0) is 19.8. The van der Waals surface area contributed by atoms with Gasteiger partial charge in [-0.3, -0.25) is 9.79 Å². The normalized spacial score (nSPS) is 20.6. The molecule has 1 aromatic rings. The van der Waals surface area contributed by atoms with Crippen LogP contribution >= 0.6 is 11.3 Å². The molecule has 1 aliphatic carbocycles. The molecule has 0 saturated heterocycles. The van der Waals surface area contributed by atoms with E-state index in [2.05, 4.69) is 34.8 Å². The van der Waals surface area contributed by atoms with E-state index in [1.807, 2.05) is 20.8 Å². The third-order valence-corrected chi connectivity index (χ3v) is 5.90. The number of carbonyl (C=O) groups excluding carboxylic acids is 1. The first-order valence-electron chi connectivity index (χ1n) is 10.2. The van der Waals surface area contributed by atoms with Crippen molar-refractivity contribution in [2.75, 3.05) is 13.1 Å². The fourth-order valence-corrected chi connectivity index (χ4v) is 4.48. The Morgan fingerprint density at radius 2 is 2.11 bits per heavy atom. The van der Waals surface area contributed by atoms with Gasteiger partial charge in [0.15, 0.2) is 5.96 Å². The second-order valence-electron chi connectivity index (χ2n) is 7.62. The number of nitrogens with zero attached hydrogens (tertiary/aromatic N) is 2. The molecular formula is C20H35N5OS. The molecule has 1 amide bonds. The summed E-state index contributed by atoms with van der Waals surface area (Å²) in [7, 11) is 0. The molecule has 0 spiro atoms. The minimum atomic E-state index is 0.101. The van der Waals surface area contributed by atoms with E-state index >= 15 is 0 Å². The van der Waals surface area contributed by atoms with Gasteiger partial charge in [-0.1, -0.05) is 6.42 Å². The van der Waals surface area contributed by atoms with Crippen LogP contribution in [0, 0.1) is 19.8 Å². The van der Waals surface area contributed by atoms with Crippen molar-refractivity contribution in [1.82, 2.24) is 20.9 Å². The van der Waals surface area contributed by atoms with Crippen LogP contribution < -0.4 is 16.0 Å². The Morgan fingerprint density at radius 1 is 1.33 bits per heavy atom. The van der Waals surface area contributed by atoms with Crippen molar-refractivity contribution in [3.63, 3.8) is 0 Å². The lowest BCUT2D eigenvalue weighted by Crippen LogP contribution is -2.47. The SMILES string of the molecule is CCNC(=NCCc1sc(C)nc1C)NC1CCCC(C(=O)NC(C)C)C1. The van der Waals surface area contributed by atoms with Gasteiger partial charge in [0.05, 0.1) is 10.7 Å². The van der Waals surface area contributed by atoms with E-state index in [0.29, 0.717) is 6.04 Å². The average molecular weight is 394 g/mol. The van der Waals surface area contributed by atoms with Gasteiger partial charge in [0.1, 0.15) is 0 Å². The van der Waals surface area contributed by atoms with E-state index in [9.17, 15) is 4.79 Å². The van der Waals surface area contributed by atoms with Gasteiger partial charge in [-0.15, -0.1) is 11.3 Å². The third kappa shape index (κ3) is 7.13. The molecule has 2 atom stereocenters. The Morgan fingerprint density at radius 3 is 2.74 bits per heavy atom. The molecule has 0 aliphatic heterocycles. The first-order valence-corrected chi connectivity index (χ1v) is 11.0. The highest BCUT2D eigenvalue weighted by Crippen LogP contribution is 2.24. The number of carbonyl (C=O) groups is 1. The lowest BCUT2D eigenvalue weighted by molar-refractivity contribution is -0.126. The number of aromatic nitrogens is 1. The number of hydrogen-bond donors (Lipinski definition) is 3. The molecule has 1 aromatic heterocycles. The lowest BCUT2D eigenvalue weighted by Gasteiger charge is -2.30. The second kappa shape index (κ2) is 10.6. The van der Waals surface area contributed by atoms with Crippen molar-refractivity contribution < 1.29 is 4.79 Å². The fourth-order valence-electron chi connectivity index (χ4n) is 3.55. The van der Waals surface area contributed by atoms with E-state index in [-0.39, 0.29) is 17.9 Å². The Bertz CT molecular complexity index is 640. The summed E-state index contributed by atoms with van der Waals surface area (Å²) in [5.74, 6) is 1.14. The number of guanidine groups is 1. The zero-order valence-electron chi connectivity index (χ0n) is 17.4. The van der Waals surface area contributed by atoms with Crippen LogP contribution in [0.1, 0.15) is 62.0 Å². The van der Waals surface area contributed by atoms with Crippen LogP contribution in [0.25, 0.3) is 0 Å². The van der Waals surface area contributed by atoms with Crippen molar-refractivity contribution in [3.05, 3.63) is 15.6 Å². The summed E-state index contributed by atoms with van der Waals surface area (Å²) in [6.45, 7) is 11.8. The summed E-state index contributed by atoms with van der Waals surface area (Å²) in [4.78, 5) is 22.9. The highest BCUT2D eigenvalue weighted by Gasteiger charge is 2.27. The molecular weight excluding hydrogens is 358 g/mol. The van der Waals surface area contributed by atoms with Gasteiger partial charge in [-0.2, -0.15) is 0 Å². The van der Waals surface area contributed by atoms with Crippen LogP contribution in [0.2, 0.25) is 0 Å². The van der Waals surface area contributed by atoms with Gasteiger partial charge in [0.2, 0.25) is 5.91 Å². The third-order valence-electron chi connectivity index (χ3n) is 4.77. The largest absolute Gasteiger partial charge is 0.357 e. The molecule has 2 rings (SSSR count). The molecule has 7 heteroatoms. The number of aliphatic imine (C=N–C) groups is 1. The minimum absolute atomic E-state index is 0.101. The Labute approximate surface area is 167 Å². The number of rotatable bonds is 7. The molecule has 1 aliphatic rings. The monoisotopic (exact) mass is 393 g/mol. The van der Waals surface area contributed by atoms with Crippen LogP contribution in [0.4, 0.5) is 0 Å². The summed E-state index contributed by atoms with van der Waals surface area (Å²) >= 11 is 1.76. The summed E-state index contributed by atoms with van der Waals surface area (Å²) in [6.07, 6.45) is 4.93. The maximum atomic E-state index is 12.3. The Kier molecular flexibility index (Phi) is 8.54. The van der Waals surface area contributed by atoms with Gasteiger partial charge >= 0.3 is 0 Å². The molecule has 0 bridgehead atoms. The van der Waals surface area contributed by atoms with Gasteiger partial charge in [0.25, 0.3) is 0 Å². The van der Waals surface area contributed by atoms with E-state index in [0.717, 1.165) is 61.9 Å². The molecule has 1 saturated carbocycles. The van der Waals surface area contributed by atoms with E-state index in [1.54, 1.807) is 11.3 Å². The molecule has 0 radical (unpaired) electrons. The molecule has 1 fully saturated rings. The molecule has 6 nitrogen and oxygen atoms in total. The summed E-state index contributed by atoms with van der Waals surface area (Å²) in [5.41, 5.74) is 1.12. The molecule has 1 heterocycles. The van der Waals surface area contributed by atoms with Crippen LogP contribution in [-0.4, -0.2) is 42.0 Å². The summed E-state index contributed by atoms with van der Waals surface area (Å²) < 4.78 is 0. The quantitative estimate of drug-likeness (QED) is 0.492. The van der Waals surface area contributed by atoms with Gasteiger partial charge < -0.3 is 16.0 Å².